The molecule has 2 heterocycles. The zero-order valence-electron chi connectivity index (χ0n) is 15.0. The minimum absolute atomic E-state index is 0.0147. The molecule has 4 N–H and O–H groups in total. The Morgan fingerprint density at radius 1 is 1.34 bits per heavy atom. The van der Waals surface area contributed by atoms with Crippen LogP contribution in [0.15, 0.2) is 56.8 Å². The van der Waals surface area contributed by atoms with Crippen molar-refractivity contribution in [1.82, 2.24) is 15.0 Å². The number of thioether (sulfide) groups is 1. The molecule has 0 aliphatic carbocycles. The van der Waals surface area contributed by atoms with Gasteiger partial charge in [-0.25, -0.2) is 22.7 Å². The highest BCUT2D eigenvalue weighted by Crippen LogP contribution is 2.24. The van der Waals surface area contributed by atoms with Gasteiger partial charge in [0, 0.05) is 30.4 Å². The second-order valence-corrected chi connectivity index (χ2v) is 9.43. The molecule has 0 fully saturated rings. The second-order valence-electron chi connectivity index (χ2n) is 5.62. The zero-order valence-corrected chi connectivity index (χ0v) is 17.5. The monoisotopic (exact) mass is 452 g/mol. The summed E-state index contributed by atoms with van der Waals surface area (Å²) < 4.78 is 26.4. The predicted octanol–water partition coefficient (Wildman–Crippen LogP) is 1.36. The fourth-order valence-corrected chi connectivity index (χ4v) is 4.86. The highest BCUT2D eigenvalue weighted by molar-refractivity contribution is 7.99. The molecule has 3 aromatic rings. The molecule has 1 aromatic carbocycles. The number of rotatable bonds is 7. The summed E-state index contributed by atoms with van der Waals surface area (Å²) in [7, 11) is -2.32. The number of hydrogen-bond donors (Lipinski definition) is 3. The summed E-state index contributed by atoms with van der Waals surface area (Å²) in [5, 5.41) is 4.92. The van der Waals surface area contributed by atoms with E-state index < -0.39 is 15.6 Å². The first-order valence-corrected chi connectivity index (χ1v) is 11.3. The average Bonchev–Trinajstić information content (AvgIpc) is 3.20. The van der Waals surface area contributed by atoms with Crippen molar-refractivity contribution in [1.29, 1.82) is 0 Å². The minimum atomic E-state index is -3.75. The lowest BCUT2D eigenvalue weighted by Crippen LogP contribution is -2.26. The number of carbonyl (C=O) groups is 1. The summed E-state index contributed by atoms with van der Waals surface area (Å²) >= 11 is 2.23. The van der Waals surface area contributed by atoms with Crippen LogP contribution in [-0.4, -0.2) is 42.1 Å². The van der Waals surface area contributed by atoms with E-state index in [-0.39, 0.29) is 27.5 Å². The standard InChI is InChI=1S/C16H16N6O4S3/c1-22(16-18-6-7-27-16)29(25,26)11-4-2-10(3-5-11)19-14(24)9-28-15-20-12(17)8-13(23)21-15/h2-8H,9H2,1H3,(H,19,24)(H3,17,20,21,23). The molecule has 0 saturated carbocycles. The Bertz CT molecular complexity index is 1160. The number of sulfonamides is 1. The molecule has 3 rings (SSSR count). The van der Waals surface area contributed by atoms with E-state index in [9.17, 15) is 18.0 Å². The number of aromatic nitrogens is 3. The maximum atomic E-state index is 12.6. The summed E-state index contributed by atoms with van der Waals surface area (Å²) in [6, 6.07) is 6.93. The SMILES string of the molecule is CN(c1nccs1)S(=O)(=O)c1ccc(NC(=O)CSc2nc(N)cc(=O)[nH]2)cc1. The first kappa shape index (κ1) is 20.8. The molecule has 0 saturated heterocycles. The molecule has 0 unspecified atom stereocenters. The van der Waals surface area contributed by atoms with E-state index in [2.05, 4.69) is 20.3 Å². The van der Waals surface area contributed by atoms with Crippen molar-refractivity contribution in [2.24, 2.45) is 0 Å². The van der Waals surface area contributed by atoms with Gasteiger partial charge < -0.3 is 16.0 Å². The van der Waals surface area contributed by atoms with Crippen LogP contribution in [0, 0.1) is 0 Å². The summed E-state index contributed by atoms with van der Waals surface area (Å²) in [4.78, 5) is 33.9. The van der Waals surface area contributed by atoms with Gasteiger partial charge >= 0.3 is 0 Å². The van der Waals surface area contributed by atoms with Crippen LogP contribution in [0.2, 0.25) is 0 Å². The Labute approximate surface area is 174 Å². The van der Waals surface area contributed by atoms with Gasteiger partial charge in [-0.1, -0.05) is 11.8 Å². The summed E-state index contributed by atoms with van der Waals surface area (Å²) in [6.07, 6.45) is 1.53. The van der Waals surface area contributed by atoms with Gasteiger partial charge in [0.1, 0.15) is 5.82 Å². The van der Waals surface area contributed by atoms with Crippen molar-refractivity contribution in [2.75, 3.05) is 28.2 Å². The molecular formula is C16H16N6O4S3. The van der Waals surface area contributed by atoms with Gasteiger partial charge in [0.25, 0.3) is 15.6 Å². The number of benzene rings is 1. The van der Waals surface area contributed by atoms with Gasteiger partial charge in [0.05, 0.1) is 10.6 Å². The molecule has 1 amide bonds. The number of anilines is 3. The fourth-order valence-electron chi connectivity index (χ4n) is 2.20. The normalized spacial score (nSPS) is 11.2. The molecule has 0 aliphatic rings. The van der Waals surface area contributed by atoms with Gasteiger partial charge in [0.15, 0.2) is 10.3 Å². The third-order valence-electron chi connectivity index (χ3n) is 3.56. The number of amides is 1. The maximum absolute atomic E-state index is 12.6. The molecule has 29 heavy (non-hydrogen) atoms. The number of nitrogens with one attached hydrogen (secondary N) is 2. The topological polar surface area (TPSA) is 151 Å². The predicted molar refractivity (Wildman–Crippen MR) is 113 cm³/mol. The van der Waals surface area contributed by atoms with E-state index in [0.717, 1.165) is 22.1 Å². The van der Waals surface area contributed by atoms with Crippen LogP contribution in [0.25, 0.3) is 0 Å². The third kappa shape index (κ3) is 5.13. The highest BCUT2D eigenvalue weighted by Gasteiger charge is 2.22. The molecule has 2 aromatic heterocycles. The van der Waals surface area contributed by atoms with Crippen molar-refractivity contribution in [3.05, 3.63) is 52.3 Å². The number of aromatic amines is 1. The number of nitrogens with zero attached hydrogens (tertiary/aromatic N) is 3. The lowest BCUT2D eigenvalue weighted by molar-refractivity contribution is -0.113. The smallest absolute Gasteiger partial charge is 0.265 e. The highest BCUT2D eigenvalue weighted by atomic mass is 32.2. The molecule has 13 heteroatoms. The Morgan fingerprint density at radius 2 is 2.07 bits per heavy atom. The van der Waals surface area contributed by atoms with Gasteiger partial charge in [-0.2, -0.15) is 0 Å². The third-order valence-corrected chi connectivity index (χ3v) is 7.16. The van der Waals surface area contributed by atoms with E-state index >= 15 is 0 Å². The lowest BCUT2D eigenvalue weighted by atomic mass is 10.3. The van der Waals surface area contributed by atoms with Gasteiger partial charge in [0.2, 0.25) is 5.91 Å². The lowest BCUT2D eigenvalue weighted by Gasteiger charge is -2.16. The number of nitrogens with two attached hydrogens (primary N) is 1. The molecule has 0 atom stereocenters. The first-order valence-electron chi connectivity index (χ1n) is 8.04. The number of nitrogen functional groups attached to an aromatic ring is 1. The molecule has 0 bridgehead atoms. The molecule has 0 aliphatic heterocycles. The molecule has 10 nitrogen and oxygen atoms in total. The second kappa shape index (κ2) is 8.63. The van der Waals surface area contributed by atoms with Crippen LogP contribution in [0.3, 0.4) is 0 Å². The summed E-state index contributed by atoms with van der Waals surface area (Å²) in [5.74, 6) is -0.300. The van der Waals surface area contributed by atoms with E-state index in [4.69, 9.17) is 5.73 Å². The average molecular weight is 453 g/mol. The van der Waals surface area contributed by atoms with Crippen LogP contribution in [0.5, 0.6) is 0 Å². The van der Waals surface area contributed by atoms with Gasteiger partial charge in [-0.15, -0.1) is 11.3 Å². The van der Waals surface area contributed by atoms with Gasteiger partial charge in [-0.3, -0.25) is 9.59 Å². The molecule has 0 radical (unpaired) electrons. The first-order chi connectivity index (χ1) is 13.8. The Kier molecular flexibility index (Phi) is 6.20. The number of hydrogen-bond acceptors (Lipinski definition) is 9. The zero-order chi connectivity index (χ0) is 21.0. The summed E-state index contributed by atoms with van der Waals surface area (Å²) in [6.45, 7) is 0. The van der Waals surface area contributed by atoms with Crippen LogP contribution in [0.1, 0.15) is 0 Å². The van der Waals surface area contributed by atoms with Crippen molar-refractivity contribution in [3.63, 3.8) is 0 Å². The van der Waals surface area contributed by atoms with Crippen LogP contribution >= 0.6 is 23.1 Å². The molecule has 0 spiro atoms. The van der Waals surface area contributed by atoms with Gasteiger partial charge in [-0.05, 0) is 24.3 Å². The van der Waals surface area contributed by atoms with E-state index in [1.807, 2.05) is 0 Å². The van der Waals surface area contributed by atoms with Crippen LogP contribution < -0.4 is 20.9 Å². The number of thiazole rings is 1. The maximum Gasteiger partial charge on any atom is 0.265 e. The minimum Gasteiger partial charge on any atom is -0.383 e. The van der Waals surface area contributed by atoms with Crippen molar-refractivity contribution < 1.29 is 13.2 Å². The Balaban J connectivity index is 1.62. The quantitative estimate of drug-likeness (QED) is 0.359. The largest absolute Gasteiger partial charge is 0.383 e. The molecule has 152 valence electrons. The fraction of sp³-hybridized carbons (Fsp3) is 0.125. The van der Waals surface area contributed by atoms with Crippen molar-refractivity contribution in [3.8, 4) is 0 Å². The summed E-state index contributed by atoms with van der Waals surface area (Å²) in [5.41, 5.74) is 5.52. The molecular weight excluding hydrogens is 436 g/mol. The van der Waals surface area contributed by atoms with E-state index in [1.165, 1.54) is 48.8 Å². The van der Waals surface area contributed by atoms with Crippen LogP contribution in [-0.2, 0) is 14.8 Å². The number of carbonyl (C=O) groups excluding carboxylic acids is 1. The van der Waals surface area contributed by atoms with Crippen LogP contribution in [0.4, 0.5) is 16.6 Å². The Morgan fingerprint density at radius 3 is 2.69 bits per heavy atom. The van der Waals surface area contributed by atoms with E-state index in [0.29, 0.717) is 10.8 Å². The van der Waals surface area contributed by atoms with E-state index in [1.54, 1.807) is 5.38 Å². The van der Waals surface area contributed by atoms with Crippen molar-refractivity contribution >= 4 is 55.7 Å². The Hall–Kier alpha value is -2.90. The number of H-pyrrole nitrogens is 1. The van der Waals surface area contributed by atoms with Crippen molar-refractivity contribution in [2.45, 2.75) is 10.1 Å².